The quantitative estimate of drug-likeness (QED) is 0.645. The summed E-state index contributed by atoms with van der Waals surface area (Å²) in [5.74, 6) is -0.263. The van der Waals surface area contributed by atoms with Crippen molar-refractivity contribution >= 4 is 17.3 Å². The summed E-state index contributed by atoms with van der Waals surface area (Å²) in [5.41, 5.74) is 3.88. The molecule has 3 aromatic carbocycles. The topological polar surface area (TPSA) is 21.3 Å². The minimum absolute atomic E-state index is 0.240. The van der Waals surface area contributed by atoms with E-state index in [1.54, 1.807) is 12.1 Å². The number of ether oxygens (including phenoxy) is 1. The summed E-state index contributed by atoms with van der Waals surface area (Å²) in [6, 6.07) is 22.1. The van der Waals surface area contributed by atoms with Crippen molar-refractivity contribution in [2.45, 2.75) is 12.3 Å². The highest BCUT2D eigenvalue weighted by Crippen LogP contribution is 2.42. The van der Waals surface area contributed by atoms with Gasteiger partial charge in [-0.3, -0.25) is 0 Å². The van der Waals surface area contributed by atoms with Gasteiger partial charge in [0.15, 0.2) is 6.23 Å². The Labute approximate surface area is 144 Å². The van der Waals surface area contributed by atoms with E-state index < -0.39 is 0 Å². The molecule has 24 heavy (non-hydrogen) atoms. The number of fused-ring (bicyclic) bond motifs is 1. The lowest BCUT2D eigenvalue weighted by Crippen LogP contribution is -2.25. The average Bonchev–Trinajstić information content (AvgIpc) is 2.62. The summed E-state index contributed by atoms with van der Waals surface area (Å²) in [6.07, 6.45) is -0.597. The fraction of sp³-hybridized carbons (Fsp3) is 0.100. The van der Waals surface area contributed by atoms with E-state index in [0.29, 0.717) is 5.02 Å². The van der Waals surface area contributed by atoms with Crippen LogP contribution >= 0.6 is 11.6 Å². The van der Waals surface area contributed by atoms with Crippen molar-refractivity contribution in [2.75, 3.05) is 5.32 Å². The Hall–Kier alpha value is -2.36. The molecule has 2 nitrogen and oxygen atoms in total. The largest absolute Gasteiger partial charge is 0.356 e. The summed E-state index contributed by atoms with van der Waals surface area (Å²) in [6.45, 7) is 0. The van der Waals surface area contributed by atoms with Gasteiger partial charge < -0.3 is 10.1 Å². The molecule has 0 saturated heterocycles. The van der Waals surface area contributed by atoms with Gasteiger partial charge in [-0.25, -0.2) is 4.39 Å². The molecule has 1 aliphatic heterocycles. The van der Waals surface area contributed by atoms with Gasteiger partial charge in [0.1, 0.15) is 11.9 Å². The molecule has 0 radical (unpaired) electrons. The minimum Gasteiger partial charge on any atom is -0.356 e. The second kappa shape index (κ2) is 6.27. The molecular weight excluding hydrogens is 325 g/mol. The molecule has 4 rings (SSSR count). The fourth-order valence-corrected chi connectivity index (χ4v) is 3.13. The maximum Gasteiger partial charge on any atom is 0.155 e. The molecule has 0 aliphatic carbocycles. The Balaban J connectivity index is 1.77. The highest BCUT2D eigenvalue weighted by Gasteiger charge is 2.29. The smallest absolute Gasteiger partial charge is 0.155 e. The number of hydrogen-bond donors (Lipinski definition) is 1. The first-order valence-electron chi connectivity index (χ1n) is 7.72. The molecule has 3 aromatic rings. The van der Waals surface area contributed by atoms with Crippen LogP contribution in [0.15, 0.2) is 72.8 Å². The zero-order valence-electron chi connectivity index (χ0n) is 12.7. The van der Waals surface area contributed by atoms with Crippen LogP contribution < -0.4 is 5.32 Å². The van der Waals surface area contributed by atoms with Crippen LogP contribution in [0.3, 0.4) is 0 Å². The van der Waals surface area contributed by atoms with E-state index in [-0.39, 0.29) is 18.1 Å². The van der Waals surface area contributed by atoms with Crippen molar-refractivity contribution in [3.63, 3.8) is 0 Å². The molecule has 0 bridgehead atoms. The van der Waals surface area contributed by atoms with Crippen molar-refractivity contribution in [1.82, 2.24) is 0 Å². The maximum absolute atomic E-state index is 13.2. The molecule has 2 atom stereocenters. The number of nitrogens with one attached hydrogen (secondary N) is 1. The Bertz CT molecular complexity index is 851. The lowest BCUT2D eigenvalue weighted by atomic mass is 9.97. The van der Waals surface area contributed by atoms with Crippen molar-refractivity contribution in [1.29, 1.82) is 0 Å². The highest BCUT2D eigenvalue weighted by molar-refractivity contribution is 6.30. The lowest BCUT2D eigenvalue weighted by molar-refractivity contribution is 0.0157. The highest BCUT2D eigenvalue weighted by atomic mass is 35.5. The molecule has 4 heteroatoms. The van der Waals surface area contributed by atoms with E-state index in [4.69, 9.17) is 16.3 Å². The third-order valence-electron chi connectivity index (χ3n) is 4.13. The van der Waals surface area contributed by atoms with E-state index in [0.717, 1.165) is 22.4 Å². The van der Waals surface area contributed by atoms with Gasteiger partial charge in [0, 0.05) is 21.8 Å². The van der Waals surface area contributed by atoms with Crippen LogP contribution in [0.4, 0.5) is 10.1 Å². The summed E-state index contributed by atoms with van der Waals surface area (Å²) in [4.78, 5) is 0. The molecule has 0 unspecified atom stereocenters. The summed E-state index contributed by atoms with van der Waals surface area (Å²) in [7, 11) is 0. The van der Waals surface area contributed by atoms with Gasteiger partial charge in [-0.1, -0.05) is 54.1 Å². The Morgan fingerprint density at radius 2 is 1.62 bits per heavy atom. The van der Waals surface area contributed by atoms with E-state index >= 15 is 0 Å². The SMILES string of the molecule is Fc1ccc([C@H]2Nc3ccc(Cl)cc3[C@H](c3ccccc3)O2)cc1. The Kier molecular flexibility index (Phi) is 3.97. The van der Waals surface area contributed by atoms with Crippen molar-refractivity contribution in [2.24, 2.45) is 0 Å². The predicted octanol–water partition coefficient (Wildman–Crippen LogP) is 5.71. The third-order valence-corrected chi connectivity index (χ3v) is 4.37. The van der Waals surface area contributed by atoms with E-state index in [1.807, 2.05) is 48.5 Å². The van der Waals surface area contributed by atoms with Gasteiger partial charge in [0.05, 0.1) is 0 Å². The Morgan fingerprint density at radius 3 is 2.38 bits per heavy atom. The van der Waals surface area contributed by atoms with Gasteiger partial charge in [-0.15, -0.1) is 0 Å². The maximum atomic E-state index is 13.2. The zero-order chi connectivity index (χ0) is 16.5. The summed E-state index contributed by atoms with van der Waals surface area (Å²) >= 11 is 6.18. The second-order valence-corrected chi connectivity index (χ2v) is 6.17. The van der Waals surface area contributed by atoms with Crippen molar-refractivity contribution < 1.29 is 9.13 Å². The standard InChI is InChI=1S/C20H15ClFNO/c21-15-8-11-18-17(12-15)19(13-4-2-1-3-5-13)24-20(23-18)14-6-9-16(22)10-7-14/h1-12,19-20,23H/t19-,20-/m0/s1. The molecule has 0 aromatic heterocycles. The first kappa shape index (κ1) is 15.2. The number of halogens is 2. The monoisotopic (exact) mass is 339 g/mol. The van der Waals surface area contributed by atoms with E-state index in [9.17, 15) is 4.39 Å². The molecule has 1 heterocycles. The number of hydrogen-bond acceptors (Lipinski definition) is 2. The lowest BCUT2D eigenvalue weighted by Gasteiger charge is -2.34. The van der Waals surface area contributed by atoms with Crippen LogP contribution in [0.25, 0.3) is 0 Å². The van der Waals surface area contributed by atoms with E-state index in [1.165, 1.54) is 12.1 Å². The molecular formula is C20H15ClFNO. The molecule has 0 saturated carbocycles. The molecule has 0 fully saturated rings. The van der Waals surface area contributed by atoms with Gasteiger partial charge >= 0.3 is 0 Å². The zero-order valence-corrected chi connectivity index (χ0v) is 13.5. The van der Waals surface area contributed by atoms with Crippen molar-refractivity contribution in [3.8, 4) is 0 Å². The minimum atomic E-state index is -0.357. The van der Waals surface area contributed by atoms with Gasteiger partial charge in [-0.05, 0) is 35.9 Å². The fourth-order valence-electron chi connectivity index (χ4n) is 2.95. The van der Waals surface area contributed by atoms with Gasteiger partial charge in [-0.2, -0.15) is 0 Å². The second-order valence-electron chi connectivity index (χ2n) is 5.73. The van der Waals surface area contributed by atoms with Crippen LogP contribution in [-0.2, 0) is 4.74 Å². The number of benzene rings is 3. The first-order valence-corrected chi connectivity index (χ1v) is 8.10. The number of anilines is 1. The summed E-state index contributed by atoms with van der Waals surface area (Å²) in [5, 5.41) is 4.02. The van der Waals surface area contributed by atoms with E-state index in [2.05, 4.69) is 5.32 Å². The first-order chi connectivity index (χ1) is 11.7. The predicted molar refractivity (Wildman–Crippen MR) is 93.6 cm³/mol. The molecule has 0 spiro atoms. The summed E-state index contributed by atoms with van der Waals surface area (Å²) < 4.78 is 19.5. The van der Waals surface area contributed by atoms with Crippen LogP contribution in [0.2, 0.25) is 5.02 Å². The normalized spacial score (nSPS) is 19.4. The molecule has 120 valence electrons. The number of rotatable bonds is 2. The molecule has 0 amide bonds. The van der Waals surface area contributed by atoms with Gasteiger partial charge in [0.2, 0.25) is 0 Å². The van der Waals surface area contributed by atoms with Crippen LogP contribution in [0.5, 0.6) is 0 Å². The van der Waals surface area contributed by atoms with Crippen molar-refractivity contribution in [3.05, 3.63) is 100 Å². The van der Waals surface area contributed by atoms with Crippen LogP contribution in [0, 0.1) is 5.82 Å². The van der Waals surface area contributed by atoms with Gasteiger partial charge in [0.25, 0.3) is 0 Å². The van der Waals surface area contributed by atoms with Crippen LogP contribution in [0.1, 0.15) is 29.0 Å². The average molecular weight is 340 g/mol. The van der Waals surface area contributed by atoms with Crippen LogP contribution in [-0.4, -0.2) is 0 Å². The molecule has 1 aliphatic rings. The Morgan fingerprint density at radius 1 is 0.875 bits per heavy atom. The third kappa shape index (κ3) is 2.88. The molecule has 1 N–H and O–H groups in total.